The number of aromatic nitrogens is 1. The minimum atomic E-state index is -0.768. The van der Waals surface area contributed by atoms with Crippen LogP contribution in [0.4, 0.5) is 0 Å². The molecule has 0 bridgehead atoms. The number of ether oxygens (including phenoxy) is 1. The minimum absolute atomic E-state index is 0.0896. The Balaban J connectivity index is 2.25. The average molecular weight is 356 g/mol. The summed E-state index contributed by atoms with van der Waals surface area (Å²) in [5, 5.41) is 0.307. The van der Waals surface area contributed by atoms with Crippen LogP contribution in [0.2, 0.25) is 10.0 Å². The second-order valence-corrected chi connectivity index (χ2v) is 6.45. The van der Waals surface area contributed by atoms with E-state index in [9.17, 15) is 9.59 Å². The van der Waals surface area contributed by atoms with Gasteiger partial charge in [0, 0.05) is 18.6 Å². The third-order valence-electron chi connectivity index (χ3n) is 3.62. The molecule has 2 aromatic rings. The fourth-order valence-electron chi connectivity index (χ4n) is 2.68. The van der Waals surface area contributed by atoms with Crippen LogP contribution >= 0.6 is 23.2 Å². The van der Waals surface area contributed by atoms with Gasteiger partial charge in [-0.15, -0.1) is 0 Å². The average Bonchev–Trinajstić information content (AvgIpc) is 2.91. The Morgan fingerprint density at radius 1 is 1.22 bits per heavy atom. The Bertz CT molecular complexity index is 883. The lowest BCUT2D eigenvalue weighted by molar-refractivity contribution is 0.242. The van der Waals surface area contributed by atoms with Gasteiger partial charge in [-0.3, -0.25) is 4.79 Å². The van der Waals surface area contributed by atoms with Crippen molar-refractivity contribution in [2.45, 2.75) is 39.2 Å². The van der Waals surface area contributed by atoms with Crippen molar-refractivity contribution in [2.24, 2.45) is 0 Å². The molecule has 0 unspecified atom stereocenters. The third-order valence-corrected chi connectivity index (χ3v) is 4.41. The van der Waals surface area contributed by atoms with Crippen LogP contribution in [-0.4, -0.2) is 10.7 Å². The van der Waals surface area contributed by atoms with Crippen LogP contribution in [0, 0.1) is 0 Å². The number of benzene rings is 1. The van der Waals surface area contributed by atoms with Crippen molar-refractivity contribution in [1.29, 1.82) is 0 Å². The number of nitrogens with zero attached hydrogens (tertiary/aromatic N) is 1. The highest BCUT2D eigenvalue weighted by Gasteiger charge is 2.23. The van der Waals surface area contributed by atoms with E-state index in [1.807, 2.05) is 13.8 Å². The van der Waals surface area contributed by atoms with Crippen LogP contribution in [-0.2, 0) is 12.8 Å². The lowest BCUT2D eigenvalue weighted by atomic mass is 10.2. The van der Waals surface area contributed by atoms with Crippen molar-refractivity contribution in [2.75, 3.05) is 0 Å². The topological polar surface area (TPSA) is 61.4 Å². The molecule has 1 aromatic carbocycles. The summed E-state index contributed by atoms with van der Waals surface area (Å²) in [6.07, 6.45) is 1.90. The molecule has 3 rings (SSSR count). The van der Waals surface area contributed by atoms with E-state index in [0.29, 0.717) is 29.9 Å². The molecule has 0 fully saturated rings. The van der Waals surface area contributed by atoms with E-state index in [1.54, 1.807) is 6.07 Å². The molecular weight excluding hydrogens is 341 g/mol. The monoisotopic (exact) mass is 355 g/mol. The smallest absolute Gasteiger partial charge is 0.426 e. The molecule has 1 aliphatic carbocycles. The highest BCUT2D eigenvalue weighted by atomic mass is 35.5. The van der Waals surface area contributed by atoms with E-state index in [2.05, 4.69) is 0 Å². The molecule has 1 heterocycles. The summed E-state index contributed by atoms with van der Waals surface area (Å²) >= 11 is 12.3. The van der Waals surface area contributed by atoms with Gasteiger partial charge in [-0.05, 0) is 26.7 Å². The summed E-state index contributed by atoms with van der Waals surface area (Å²) in [6.45, 7) is 3.72. The Labute approximate surface area is 142 Å². The molecule has 0 atom stereocenters. The highest BCUT2D eigenvalue weighted by molar-refractivity contribution is 6.43. The molecule has 1 aliphatic rings. The van der Waals surface area contributed by atoms with Crippen LogP contribution in [0.25, 0.3) is 5.69 Å². The number of hydrogen-bond acceptors (Lipinski definition) is 4. The quantitative estimate of drug-likeness (QED) is 0.846. The van der Waals surface area contributed by atoms with Crippen LogP contribution in [0.1, 0.15) is 31.6 Å². The van der Waals surface area contributed by atoms with Gasteiger partial charge in [-0.25, -0.2) is 9.36 Å². The largest absolute Gasteiger partial charge is 0.491 e. The molecule has 122 valence electrons. The van der Waals surface area contributed by atoms with Gasteiger partial charge in [0.05, 0.1) is 27.4 Å². The highest BCUT2D eigenvalue weighted by Crippen LogP contribution is 2.33. The summed E-state index contributed by atoms with van der Waals surface area (Å²) in [7, 11) is 0. The van der Waals surface area contributed by atoms with Gasteiger partial charge in [0.1, 0.15) is 11.5 Å². The van der Waals surface area contributed by atoms with E-state index in [0.717, 1.165) is 11.0 Å². The SMILES string of the molecule is CC(C)Oc1cc(Cl)c(Cl)c(-n2c(=O)oc3c(c2=O)CCC3)c1. The third kappa shape index (κ3) is 2.91. The maximum Gasteiger partial charge on any atom is 0.426 e. The molecule has 5 nitrogen and oxygen atoms in total. The summed E-state index contributed by atoms with van der Waals surface area (Å²) in [4.78, 5) is 24.9. The second-order valence-electron chi connectivity index (χ2n) is 5.67. The van der Waals surface area contributed by atoms with Gasteiger partial charge in [-0.2, -0.15) is 0 Å². The maximum atomic E-state index is 12.6. The van der Waals surface area contributed by atoms with Crippen molar-refractivity contribution in [1.82, 2.24) is 4.57 Å². The predicted molar refractivity (Wildman–Crippen MR) is 88.4 cm³/mol. The predicted octanol–water partition coefficient (Wildman–Crippen LogP) is 3.37. The molecule has 1 aromatic heterocycles. The summed E-state index contributed by atoms with van der Waals surface area (Å²) in [6, 6.07) is 3.07. The Morgan fingerprint density at radius 2 is 1.96 bits per heavy atom. The van der Waals surface area contributed by atoms with Gasteiger partial charge < -0.3 is 9.15 Å². The molecule has 0 amide bonds. The molecule has 23 heavy (non-hydrogen) atoms. The first-order valence-electron chi connectivity index (χ1n) is 7.32. The normalized spacial score (nSPS) is 13.4. The van der Waals surface area contributed by atoms with Gasteiger partial charge in [0.15, 0.2) is 0 Å². The summed E-state index contributed by atoms with van der Waals surface area (Å²) in [5.74, 6) is 0.125. The lowest BCUT2D eigenvalue weighted by Gasteiger charge is -2.14. The van der Waals surface area contributed by atoms with Gasteiger partial charge in [0.2, 0.25) is 0 Å². The fourth-order valence-corrected chi connectivity index (χ4v) is 3.08. The van der Waals surface area contributed by atoms with E-state index in [4.69, 9.17) is 32.4 Å². The van der Waals surface area contributed by atoms with Crippen LogP contribution < -0.4 is 16.1 Å². The first-order chi connectivity index (χ1) is 10.9. The Hall–Kier alpha value is -1.72. The number of halogens is 2. The standard InChI is InChI=1S/C16H15Cl2NO4/c1-8(2)22-9-6-11(17)14(18)12(7-9)19-15(20)10-4-3-5-13(10)23-16(19)21/h6-8H,3-5H2,1-2H3. The maximum absolute atomic E-state index is 12.6. The zero-order valence-electron chi connectivity index (χ0n) is 12.7. The van der Waals surface area contributed by atoms with Gasteiger partial charge in [-0.1, -0.05) is 23.2 Å². The van der Waals surface area contributed by atoms with Crippen LogP contribution in [0.15, 0.2) is 26.1 Å². The van der Waals surface area contributed by atoms with E-state index < -0.39 is 11.3 Å². The second kappa shape index (κ2) is 6.06. The molecule has 0 saturated carbocycles. The van der Waals surface area contributed by atoms with Crippen LogP contribution in [0.5, 0.6) is 5.75 Å². The van der Waals surface area contributed by atoms with Crippen molar-refractivity contribution in [3.63, 3.8) is 0 Å². The fraction of sp³-hybridized carbons (Fsp3) is 0.375. The molecular formula is C16H15Cl2NO4. The van der Waals surface area contributed by atoms with E-state index in [-0.39, 0.29) is 21.8 Å². The number of aryl methyl sites for hydroxylation is 1. The Kier molecular flexibility index (Phi) is 4.25. The summed E-state index contributed by atoms with van der Waals surface area (Å²) < 4.78 is 11.8. The molecule has 0 aliphatic heterocycles. The molecule has 0 saturated heterocycles. The number of hydrogen-bond donors (Lipinski definition) is 0. The minimum Gasteiger partial charge on any atom is -0.491 e. The zero-order valence-corrected chi connectivity index (χ0v) is 14.2. The van der Waals surface area contributed by atoms with Crippen molar-refractivity contribution >= 4 is 23.2 Å². The molecule has 0 radical (unpaired) electrons. The molecule has 0 N–H and O–H groups in total. The lowest BCUT2D eigenvalue weighted by Crippen LogP contribution is -2.33. The number of rotatable bonds is 3. The van der Waals surface area contributed by atoms with E-state index >= 15 is 0 Å². The van der Waals surface area contributed by atoms with Crippen molar-refractivity contribution in [3.05, 3.63) is 54.4 Å². The van der Waals surface area contributed by atoms with Gasteiger partial charge >= 0.3 is 5.76 Å². The van der Waals surface area contributed by atoms with Crippen molar-refractivity contribution < 1.29 is 9.15 Å². The number of fused-ring (bicyclic) bond motifs is 1. The molecule has 7 heteroatoms. The zero-order chi connectivity index (χ0) is 16.7. The van der Waals surface area contributed by atoms with E-state index in [1.165, 1.54) is 6.07 Å². The first-order valence-corrected chi connectivity index (χ1v) is 8.08. The van der Waals surface area contributed by atoms with Gasteiger partial charge in [0.25, 0.3) is 5.56 Å². The Morgan fingerprint density at radius 3 is 2.65 bits per heavy atom. The van der Waals surface area contributed by atoms with Crippen molar-refractivity contribution in [3.8, 4) is 11.4 Å². The first kappa shape index (κ1) is 16.1. The van der Waals surface area contributed by atoms with Crippen LogP contribution in [0.3, 0.4) is 0 Å². The summed E-state index contributed by atoms with van der Waals surface area (Å²) in [5.41, 5.74) is 0.281. The molecule has 0 spiro atoms.